The van der Waals surface area contributed by atoms with Crippen molar-refractivity contribution in [3.05, 3.63) is 5.82 Å². The van der Waals surface area contributed by atoms with Gasteiger partial charge in [0.2, 0.25) is 0 Å². The van der Waals surface area contributed by atoms with Gasteiger partial charge in [-0.15, -0.1) is 5.10 Å². The molecule has 0 aliphatic heterocycles. The molecular weight excluding hydrogens is 178 g/mol. The minimum absolute atomic E-state index is 0.0757. The summed E-state index contributed by atoms with van der Waals surface area (Å²) in [6.45, 7) is 11.1. The van der Waals surface area contributed by atoms with Crippen LogP contribution in [0.1, 0.15) is 40.4 Å². The van der Waals surface area contributed by atoms with Crippen LogP contribution >= 0.6 is 0 Å². The van der Waals surface area contributed by atoms with E-state index in [0.29, 0.717) is 6.54 Å². The van der Waals surface area contributed by atoms with E-state index in [9.17, 15) is 0 Å². The van der Waals surface area contributed by atoms with E-state index in [0.717, 1.165) is 5.82 Å². The normalized spacial score (nSPS) is 13.3. The summed E-state index contributed by atoms with van der Waals surface area (Å²) in [6.07, 6.45) is 0. The minimum atomic E-state index is -0.148. The molecule has 0 unspecified atom stereocenters. The van der Waals surface area contributed by atoms with Crippen LogP contribution in [-0.4, -0.2) is 20.2 Å². The number of hydrogen-bond acceptors (Lipinski definition) is 4. The molecule has 1 aromatic heterocycles. The van der Waals surface area contributed by atoms with Gasteiger partial charge in [0.25, 0.3) is 0 Å². The highest BCUT2D eigenvalue weighted by Crippen LogP contribution is 2.35. The quantitative estimate of drug-likeness (QED) is 0.765. The molecule has 14 heavy (non-hydrogen) atoms. The second kappa shape index (κ2) is 3.31. The summed E-state index contributed by atoms with van der Waals surface area (Å²) in [7, 11) is 0. The average Bonchev–Trinajstić information content (AvgIpc) is 2.49. The summed E-state index contributed by atoms with van der Waals surface area (Å²) in [6, 6.07) is 0. The highest BCUT2D eigenvalue weighted by Gasteiger charge is 2.37. The Balaban J connectivity index is 3.16. The molecule has 0 atom stereocenters. The molecule has 5 heteroatoms. The van der Waals surface area contributed by atoms with E-state index in [1.165, 1.54) is 0 Å². The molecule has 0 radical (unpaired) electrons. The van der Waals surface area contributed by atoms with Gasteiger partial charge in [0, 0.05) is 0 Å². The van der Waals surface area contributed by atoms with Gasteiger partial charge in [-0.05, 0) is 29.7 Å². The zero-order valence-corrected chi connectivity index (χ0v) is 9.57. The Hall–Kier alpha value is -0.970. The number of rotatable bonds is 2. The second-order valence-electron chi connectivity index (χ2n) is 5.02. The van der Waals surface area contributed by atoms with Crippen LogP contribution in [0.2, 0.25) is 0 Å². The molecular formula is C9H19N5. The molecule has 80 valence electrons. The summed E-state index contributed by atoms with van der Waals surface area (Å²) in [5.41, 5.74) is 5.50. The summed E-state index contributed by atoms with van der Waals surface area (Å²) >= 11 is 0. The van der Waals surface area contributed by atoms with Crippen LogP contribution in [0.15, 0.2) is 0 Å². The van der Waals surface area contributed by atoms with Crippen LogP contribution in [-0.2, 0) is 12.1 Å². The number of nitrogens with two attached hydrogens (primary N) is 1. The van der Waals surface area contributed by atoms with Gasteiger partial charge in [0.1, 0.15) is 0 Å². The van der Waals surface area contributed by atoms with Crippen LogP contribution in [0.5, 0.6) is 0 Å². The molecule has 0 aliphatic rings. The Morgan fingerprint density at radius 3 is 2.21 bits per heavy atom. The van der Waals surface area contributed by atoms with Crippen molar-refractivity contribution in [1.29, 1.82) is 0 Å². The minimum Gasteiger partial charge on any atom is -0.324 e. The fourth-order valence-electron chi connectivity index (χ4n) is 1.09. The van der Waals surface area contributed by atoms with E-state index in [4.69, 9.17) is 5.73 Å². The van der Waals surface area contributed by atoms with E-state index in [1.54, 1.807) is 0 Å². The Labute approximate surface area is 84.7 Å². The third kappa shape index (κ3) is 1.64. The maximum absolute atomic E-state index is 5.57. The van der Waals surface area contributed by atoms with Gasteiger partial charge >= 0.3 is 0 Å². The van der Waals surface area contributed by atoms with Gasteiger partial charge in [0.05, 0.1) is 12.1 Å². The Morgan fingerprint density at radius 2 is 1.79 bits per heavy atom. The van der Waals surface area contributed by atoms with Crippen LogP contribution < -0.4 is 5.73 Å². The van der Waals surface area contributed by atoms with Crippen LogP contribution in [0.4, 0.5) is 0 Å². The first kappa shape index (κ1) is 11.1. The lowest BCUT2D eigenvalue weighted by Crippen LogP contribution is -2.42. The first-order chi connectivity index (χ1) is 6.30. The lowest BCUT2D eigenvalue weighted by atomic mass is 9.76. The molecule has 1 aromatic rings. The maximum atomic E-state index is 5.57. The molecule has 0 amide bonds. The Bertz CT molecular complexity index is 307. The SMILES string of the molecule is CC(C)(C)C(C)(C)n1nnnc1CN. The van der Waals surface area contributed by atoms with Gasteiger partial charge in [0.15, 0.2) is 5.82 Å². The van der Waals surface area contributed by atoms with Crippen molar-refractivity contribution in [3.8, 4) is 0 Å². The topological polar surface area (TPSA) is 69.6 Å². The maximum Gasteiger partial charge on any atom is 0.165 e. The van der Waals surface area contributed by atoms with Gasteiger partial charge in [-0.1, -0.05) is 20.8 Å². The largest absolute Gasteiger partial charge is 0.324 e. The first-order valence-corrected chi connectivity index (χ1v) is 4.78. The van der Waals surface area contributed by atoms with Gasteiger partial charge < -0.3 is 5.73 Å². The van der Waals surface area contributed by atoms with Crippen LogP contribution in [0.25, 0.3) is 0 Å². The zero-order chi connectivity index (χ0) is 11.0. The number of tetrazole rings is 1. The number of nitrogens with zero attached hydrogens (tertiary/aromatic N) is 4. The molecule has 1 rings (SSSR count). The van der Waals surface area contributed by atoms with Crippen LogP contribution in [0, 0.1) is 5.41 Å². The second-order valence-corrected chi connectivity index (χ2v) is 5.02. The van der Waals surface area contributed by atoms with Gasteiger partial charge in [-0.3, -0.25) is 0 Å². The van der Waals surface area contributed by atoms with E-state index >= 15 is 0 Å². The standard InChI is InChI=1S/C9H19N5/c1-8(2,3)9(4,5)14-7(6-10)11-12-13-14/h6,10H2,1-5H3. The monoisotopic (exact) mass is 197 g/mol. The smallest absolute Gasteiger partial charge is 0.165 e. The van der Waals surface area contributed by atoms with Crippen molar-refractivity contribution in [1.82, 2.24) is 20.2 Å². The molecule has 0 saturated carbocycles. The highest BCUT2D eigenvalue weighted by atomic mass is 15.6. The molecule has 2 N–H and O–H groups in total. The fraction of sp³-hybridized carbons (Fsp3) is 0.889. The molecule has 0 bridgehead atoms. The summed E-state index contributed by atoms with van der Waals surface area (Å²) in [5.74, 6) is 0.727. The van der Waals surface area contributed by atoms with Gasteiger partial charge in [-0.2, -0.15) is 0 Å². The molecule has 1 heterocycles. The Morgan fingerprint density at radius 1 is 1.21 bits per heavy atom. The van der Waals surface area contributed by atoms with Crippen molar-refractivity contribution in [2.75, 3.05) is 0 Å². The van der Waals surface area contributed by atoms with Crippen molar-refractivity contribution in [2.45, 2.75) is 46.7 Å². The molecule has 0 spiro atoms. The van der Waals surface area contributed by atoms with E-state index < -0.39 is 0 Å². The van der Waals surface area contributed by atoms with Gasteiger partial charge in [-0.25, -0.2) is 4.68 Å². The predicted molar refractivity (Wildman–Crippen MR) is 54.5 cm³/mol. The molecule has 5 nitrogen and oxygen atoms in total. The highest BCUT2D eigenvalue weighted by molar-refractivity contribution is 4.93. The molecule has 0 fully saturated rings. The predicted octanol–water partition coefficient (Wildman–Crippen LogP) is 0.913. The number of hydrogen-bond donors (Lipinski definition) is 1. The first-order valence-electron chi connectivity index (χ1n) is 4.78. The van der Waals surface area contributed by atoms with Crippen molar-refractivity contribution >= 4 is 0 Å². The fourth-order valence-corrected chi connectivity index (χ4v) is 1.09. The van der Waals surface area contributed by atoms with E-state index in [2.05, 4.69) is 50.1 Å². The van der Waals surface area contributed by atoms with E-state index in [1.807, 2.05) is 4.68 Å². The lowest BCUT2D eigenvalue weighted by Gasteiger charge is -2.38. The van der Waals surface area contributed by atoms with Crippen molar-refractivity contribution in [2.24, 2.45) is 11.1 Å². The molecule has 0 aliphatic carbocycles. The third-order valence-corrected chi connectivity index (χ3v) is 3.08. The molecule has 0 aromatic carbocycles. The summed E-state index contributed by atoms with van der Waals surface area (Å²) < 4.78 is 1.81. The zero-order valence-electron chi connectivity index (χ0n) is 9.57. The number of aromatic nitrogens is 4. The van der Waals surface area contributed by atoms with Crippen molar-refractivity contribution < 1.29 is 0 Å². The average molecular weight is 197 g/mol. The van der Waals surface area contributed by atoms with Crippen molar-refractivity contribution in [3.63, 3.8) is 0 Å². The van der Waals surface area contributed by atoms with Crippen LogP contribution in [0.3, 0.4) is 0 Å². The molecule has 0 saturated heterocycles. The Kier molecular flexibility index (Phi) is 2.63. The summed E-state index contributed by atoms with van der Waals surface area (Å²) in [5, 5.41) is 11.5. The lowest BCUT2D eigenvalue weighted by molar-refractivity contribution is 0.117. The summed E-state index contributed by atoms with van der Waals surface area (Å²) in [4.78, 5) is 0. The third-order valence-electron chi connectivity index (χ3n) is 3.08. The van der Waals surface area contributed by atoms with E-state index in [-0.39, 0.29) is 11.0 Å².